The van der Waals surface area contributed by atoms with E-state index in [0.29, 0.717) is 34.4 Å². The first-order valence-electron chi connectivity index (χ1n) is 10.1. The summed E-state index contributed by atoms with van der Waals surface area (Å²) in [5, 5.41) is 12.9. The number of benzene rings is 3. The van der Waals surface area contributed by atoms with Gasteiger partial charge in [0.2, 0.25) is 0 Å². The number of nitrogens with zero attached hydrogens (tertiary/aromatic N) is 1. The molecule has 3 aromatic carbocycles. The summed E-state index contributed by atoms with van der Waals surface area (Å²) in [6.07, 6.45) is 1.50. The maximum atomic E-state index is 12.6. The first-order chi connectivity index (χ1) is 15.5. The highest BCUT2D eigenvalue weighted by Gasteiger charge is 2.12. The van der Waals surface area contributed by atoms with Gasteiger partial charge in [0.1, 0.15) is 29.7 Å². The molecule has 0 saturated heterocycles. The van der Waals surface area contributed by atoms with Crippen molar-refractivity contribution in [2.45, 2.75) is 26.6 Å². The maximum absolute atomic E-state index is 12.6. The van der Waals surface area contributed by atoms with Crippen LogP contribution in [0.3, 0.4) is 0 Å². The van der Waals surface area contributed by atoms with Crippen LogP contribution in [0.25, 0.3) is 6.08 Å². The molecular weight excluding hydrogens is 424 g/mol. The fraction of sp³-hybridized carbons (Fsp3) is 0.154. The molecule has 0 aliphatic carbocycles. The van der Waals surface area contributed by atoms with Crippen LogP contribution < -0.4 is 14.8 Å². The van der Waals surface area contributed by atoms with Crippen molar-refractivity contribution in [3.63, 3.8) is 0 Å². The van der Waals surface area contributed by atoms with E-state index in [2.05, 4.69) is 5.32 Å². The third-order valence-electron chi connectivity index (χ3n) is 4.41. The molecule has 0 bridgehead atoms. The Balaban J connectivity index is 1.66. The number of nitrogens with one attached hydrogen (secondary N) is 1. The van der Waals surface area contributed by atoms with E-state index in [-0.39, 0.29) is 11.7 Å². The van der Waals surface area contributed by atoms with Crippen LogP contribution in [-0.2, 0) is 11.4 Å². The van der Waals surface area contributed by atoms with E-state index in [1.807, 2.05) is 56.3 Å². The van der Waals surface area contributed by atoms with Gasteiger partial charge >= 0.3 is 0 Å². The van der Waals surface area contributed by atoms with E-state index in [9.17, 15) is 10.1 Å². The fourth-order valence-electron chi connectivity index (χ4n) is 2.87. The molecule has 0 unspecified atom stereocenters. The number of hydrogen-bond acceptors (Lipinski definition) is 4. The highest BCUT2D eigenvalue weighted by Crippen LogP contribution is 2.23. The standard InChI is InChI=1S/C26H23ClN2O3/c1-18(2)32-25-10-6-4-7-19(25)15-21(16-28)26(30)29-22-11-13-23(14-12-22)31-17-20-8-3-5-9-24(20)27/h3-15,18H,17H2,1-2H3,(H,29,30)/b21-15+. The van der Waals surface area contributed by atoms with Gasteiger partial charge in [0.25, 0.3) is 5.91 Å². The molecule has 6 heteroatoms. The van der Waals surface area contributed by atoms with E-state index in [0.717, 1.165) is 5.56 Å². The molecule has 3 aromatic rings. The Hall–Kier alpha value is -3.75. The minimum atomic E-state index is -0.503. The number of carbonyl (C=O) groups is 1. The number of nitriles is 1. The van der Waals surface area contributed by atoms with Gasteiger partial charge in [-0.05, 0) is 56.3 Å². The fourth-order valence-corrected chi connectivity index (χ4v) is 3.06. The number of anilines is 1. The van der Waals surface area contributed by atoms with Crippen molar-refractivity contribution in [2.24, 2.45) is 0 Å². The Morgan fingerprint density at radius 2 is 1.75 bits per heavy atom. The normalized spacial score (nSPS) is 11.0. The van der Waals surface area contributed by atoms with Gasteiger partial charge in [0.15, 0.2) is 0 Å². The second-order valence-corrected chi connectivity index (χ2v) is 7.64. The van der Waals surface area contributed by atoms with Crippen molar-refractivity contribution in [3.8, 4) is 17.6 Å². The van der Waals surface area contributed by atoms with Crippen molar-refractivity contribution in [1.29, 1.82) is 5.26 Å². The van der Waals surface area contributed by atoms with Crippen molar-refractivity contribution in [2.75, 3.05) is 5.32 Å². The zero-order valence-electron chi connectivity index (χ0n) is 17.8. The van der Waals surface area contributed by atoms with E-state index >= 15 is 0 Å². The summed E-state index contributed by atoms with van der Waals surface area (Å²) in [5.74, 6) is 0.749. The number of para-hydroxylation sites is 1. The quantitative estimate of drug-likeness (QED) is 0.328. The minimum absolute atomic E-state index is 0.0242. The number of halogens is 1. The molecular formula is C26H23ClN2O3. The smallest absolute Gasteiger partial charge is 0.266 e. The lowest BCUT2D eigenvalue weighted by Crippen LogP contribution is -2.13. The van der Waals surface area contributed by atoms with Crippen molar-refractivity contribution >= 4 is 29.3 Å². The Morgan fingerprint density at radius 1 is 1.06 bits per heavy atom. The minimum Gasteiger partial charge on any atom is -0.490 e. The molecule has 0 spiro atoms. The van der Waals surface area contributed by atoms with Gasteiger partial charge in [-0.1, -0.05) is 48.0 Å². The Labute approximate surface area is 192 Å². The van der Waals surface area contributed by atoms with Crippen LogP contribution in [0.2, 0.25) is 5.02 Å². The molecule has 5 nitrogen and oxygen atoms in total. The van der Waals surface area contributed by atoms with E-state index in [1.165, 1.54) is 6.08 Å². The highest BCUT2D eigenvalue weighted by molar-refractivity contribution is 6.31. The summed E-state index contributed by atoms with van der Waals surface area (Å²) < 4.78 is 11.5. The Morgan fingerprint density at radius 3 is 2.44 bits per heavy atom. The first-order valence-corrected chi connectivity index (χ1v) is 10.5. The van der Waals surface area contributed by atoms with Crippen molar-refractivity contribution in [3.05, 3.63) is 94.5 Å². The number of amides is 1. The average molecular weight is 447 g/mol. The highest BCUT2D eigenvalue weighted by atomic mass is 35.5. The number of carbonyl (C=O) groups excluding carboxylic acids is 1. The largest absolute Gasteiger partial charge is 0.490 e. The van der Waals surface area contributed by atoms with Crippen LogP contribution in [0.4, 0.5) is 5.69 Å². The summed E-state index contributed by atoms with van der Waals surface area (Å²) in [7, 11) is 0. The zero-order chi connectivity index (χ0) is 22.9. The average Bonchev–Trinajstić information content (AvgIpc) is 2.78. The van der Waals surface area contributed by atoms with Gasteiger partial charge < -0.3 is 14.8 Å². The molecule has 0 aliphatic rings. The Bertz CT molecular complexity index is 1150. The SMILES string of the molecule is CC(C)Oc1ccccc1/C=C(\C#N)C(=O)Nc1ccc(OCc2ccccc2Cl)cc1. The maximum Gasteiger partial charge on any atom is 0.266 e. The van der Waals surface area contributed by atoms with Gasteiger partial charge in [-0.25, -0.2) is 0 Å². The van der Waals surface area contributed by atoms with E-state index < -0.39 is 5.91 Å². The van der Waals surface area contributed by atoms with Crippen LogP contribution in [0.15, 0.2) is 78.4 Å². The molecule has 0 aliphatic heterocycles. The van der Waals surface area contributed by atoms with Crippen molar-refractivity contribution < 1.29 is 14.3 Å². The molecule has 162 valence electrons. The molecule has 1 amide bonds. The lowest BCUT2D eigenvalue weighted by Gasteiger charge is -2.12. The molecule has 0 atom stereocenters. The van der Waals surface area contributed by atoms with Gasteiger partial charge in [-0.3, -0.25) is 4.79 Å². The zero-order valence-corrected chi connectivity index (χ0v) is 18.6. The molecule has 0 heterocycles. The topological polar surface area (TPSA) is 71.3 Å². The van der Waals surface area contributed by atoms with Crippen LogP contribution in [0, 0.1) is 11.3 Å². The second-order valence-electron chi connectivity index (χ2n) is 7.23. The van der Waals surface area contributed by atoms with Crippen LogP contribution >= 0.6 is 11.6 Å². The molecule has 0 radical (unpaired) electrons. The van der Waals surface area contributed by atoms with Gasteiger partial charge in [-0.15, -0.1) is 0 Å². The second kappa shape index (κ2) is 11.0. The summed E-state index contributed by atoms with van der Waals surface area (Å²) in [5.41, 5.74) is 2.07. The summed E-state index contributed by atoms with van der Waals surface area (Å²) in [4.78, 5) is 12.6. The molecule has 0 aromatic heterocycles. The van der Waals surface area contributed by atoms with Crippen LogP contribution in [0.5, 0.6) is 11.5 Å². The van der Waals surface area contributed by atoms with Gasteiger partial charge in [-0.2, -0.15) is 5.26 Å². The number of rotatable bonds is 8. The lowest BCUT2D eigenvalue weighted by molar-refractivity contribution is -0.112. The predicted molar refractivity (Wildman–Crippen MR) is 127 cm³/mol. The Kier molecular flexibility index (Phi) is 7.91. The third kappa shape index (κ3) is 6.37. The van der Waals surface area contributed by atoms with E-state index in [4.69, 9.17) is 21.1 Å². The van der Waals surface area contributed by atoms with Gasteiger partial charge in [0.05, 0.1) is 6.10 Å². The van der Waals surface area contributed by atoms with Crippen LogP contribution in [-0.4, -0.2) is 12.0 Å². The van der Waals surface area contributed by atoms with Gasteiger partial charge in [0, 0.05) is 21.8 Å². The van der Waals surface area contributed by atoms with E-state index in [1.54, 1.807) is 36.4 Å². The lowest BCUT2D eigenvalue weighted by atomic mass is 10.1. The summed E-state index contributed by atoms with van der Waals surface area (Å²) in [6.45, 7) is 4.17. The molecule has 0 saturated carbocycles. The third-order valence-corrected chi connectivity index (χ3v) is 4.78. The molecule has 3 rings (SSSR count). The molecule has 0 fully saturated rings. The van der Waals surface area contributed by atoms with Crippen molar-refractivity contribution in [1.82, 2.24) is 0 Å². The number of hydrogen-bond donors (Lipinski definition) is 1. The molecule has 32 heavy (non-hydrogen) atoms. The summed E-state index contributed by atoms with van der Waals surface area (Å²) in [6, 6.07) is 23.6. The summed E-state index contributed by atoms with van der Waals surface area (Å²) >= 11 is 6.14. The monoisotopic (exact) mass is 446 g/mol. The van der Waals surface area contributed by atoms with Crippen LogP contribution in [0.1, 0.15) is 25.0 Å². The number of ether oxygens (including phenoxy) is 2. The predicted octanol–water partition coefficient (Wildman–Crippen LogP) is 6.25. The molecule has 1 N–H and O–H groups in total. The first kappa shape index (κ1) is 22.9.